The number of carbonyl (C=O) groups is 2. The summed E-state index contributed by atoms with van der Waals surface area (Å²) in [6.45, 7) is 0.638. The van der Waals surface area contributed by atoms with Gasteiger partial charge in [-0.05, 0) is 71.3 Å². The van der Waals surface area contributed by atoms with E-state index in [1.165, 1.54) is 24.3 Å². The van der Waals surface area contributed by atoms with E-state index in [2.05, 4.69) is 11.4 Å². The van der Waals surface area contributed by atoms with Gasteiger partial charge in [0.25, 0.3) is 5.91 Å². The van der Waals surface area contributed by atoms with Crippen LogP contribution in [0.4, 0.5) is 4.39 Å². The molecule has 202 valence electrons. The smallest absolute Gasteiger partial charge is 0.335 e. The first kappa shape index (κ1) is 27.4. The lowest BCUT2D eigenvalue weighted by Gasteiger charge is -2.08. The van der Waals surface area contributed by atoms with Crippen LogP contribution in [0.15, 0.2) is 97.2 Å². The lowest BCUT2D eigenvalue weighted by molar-refractivity contribution is 0.0696. The molecule has 41 heavy (non-hydrogen) atoms. The number of carbonyl (C=O) groups excluding carboxylic acids is 1. The Morgan fingerprint density at radius 3 is 2.41 bits per heavy atom. The van der Waals surface area contributed by atoms with Crippen LogP contribution < -0.4 is 5.32 Å². The van der Waals surface area contributed by atoms with Crippen molar-refractivity contribution in [3.63, 3.8) is 0 Å². The number of nitriles is 1. The van der Waals surface area contributed by atoms with Crippen molar-refractivity contribution in [3.05, 3.63) is 141 Å². The Bertz CT molecular complexity index is 1850. The third-order valence-corrected chi connectivity index (χ3v) is 6.86. The molecule has 1 heterocycles. The lowest BCUT2D eigenvalue weighted by Crippen LogP contribution is -2.23. The predicted molar refractivity (Wildman–Crippen MR) is 157 cm³/mol. The third-order valence-electron chi connectivity index (χ3n) is 6.62. The number of carboxylic acid groups (broad SMARTS) is 1. The zero-order valence-corrected chi connectivity index (χ0v) is 22.4. The van der Waals surface area contributed by atoms with Crippen LogP contribution in [0.2, 0.25) is 5.02 Å². The summed E-state index contributed by atoms with van der Waals surface area (Å²) in [6.07, 6.45) is 3.69. The Morgan fingerprint density at radius 1 is 0.927 bits per heavy atom. The van der Waals surface area contributed by atoms with Gasteiger partial charge >= 0.3 is 5.97 Å². The summed E-state index contributed by atoms with van der Waals surface area (Å²) < 4.78 is 15.4. The zero-order chi connectivity index (χ0) is 28.9. The van der Waals surface area contributed by atoms with Gasteiger partial charge in [-0.3, -0.25) is 4.79 Å². The Labute approximate surface area is 240 Å². The first-order valence-corrected chi connectivity index (χ1v) is 13.0. The van der Waals surface area contributed by atoms with Gasteiger partial charge < -0.3 is 15.0 Å². The second kappa shape index (κ2) is 11.9. The predicted octanol–water partition coefficient (Wildman–Crippen LogP) is 7.17. The van der Waals surface area contributed by atoms with E-state index in [0.717, 1.165) is 22.0 Å². The second-order valence-corrected chi connectivity index (χ2v) is 9.88. The quantitative estimate of drug-likeness (QED) is 0.196. The van der Waals surface area contributed by atoms with Crippen LogP contribution in [-0.4, -0.2) is 21.6 Å². The SMILES string of the molecule is N#CC(=Cc1cn(Cc2ccc(F)cc2)c2cc(Cl)ccc12)c1cccc(C(=O)NCc2cccc(C(=O)O)c2)c1. The highest BCUT2D eigenvalue weighted by Gasteiger charge is 2.13. The molecule has 0 unspecified atom stereocenters. The van der Waals surface area contributed by atoms with E-state index in [1.807, 2.05) is 22.9 Å². The number of rotatable bonds is 8. The summed E-state index contributed by atoms with van der Waals surface area (Å²) in [4.78, 5) is 24.1. The van der Waals surface area contributed by atoms with E-state index in [9.17, 15) is 24.3 Å². The Kier molecular flexibility index (Phi) is 7.95. The molecule has 0 saturated heterocycles. The molecule has 0 saturated carbocycles. The van der Waals surface area contributed by atoms with Gasteiger partial charge in [0.15, 0.2) is 0 Å². The number of hydrogen-bond donors (Lipinski definition) is 2. The highest BCUT2D eigenvalue weighted by molar-refractivity contribution is 6.31. The maximum atomic E-state index is 13.4. The third kappa shape index (κ3) is 6.35. The molecule has 5 aromatic rings. The molecule has 0 aliphatic carbocycles. The van der Waals surface area contributed by atoms with Crippen molar-refractivity contribution in [2.75, 3.05) is 0 Å². The summed E-state index contributed by atoms with van der Waals surface area (Å²) in [6, 6.07) is 27.2. The van der Waals surface area contributed by atoms with Crippen LogP contribution in [0.5, 0.6) is 0 Å². The number of halogens is 2. The highest BCUT2D eigenvalue weighted by atomic mass is 35.5. The van der Waals surface area contributed by atoms with E-state index in [1.54, 1.807) is 60.7 Å². The maximum Gasteiger partial charge on any atom is 0.335 e. The summed E-state index contributed by atoms with van der Waals surface area (Å²) in [5, 5.41) is 23.5. The van der Waals surface area contributed by atoms with E-state index >= 15 is 0 Å². The fourth-order valence-corrected chi connectivity index (χ4v) is 4.75. The fraction of sp³-hybridized carbons (Fsp3) is 0.0606. The number of nitrogens with zero attached hydrogens (tertiary/aromatic N) is 2. The molecule has 2 N–H and O–H groups in total. The first-order chi connectivity index (χ1) is 19.8. The minimum atomic E-state index is -1.04. The van der Waals surface area contributed by atoms with Crippen molar-refractivity contribution in [1.29, 1.82) is 5.26 Å². The van der Waals surface area contributed by atoms with Crippen molar-refractivity contribution in [2.45, 2.75) is 13.1 Å². The number of aromatic carboxylic acids is 1. The molecule has 0 bridgehead atoms. The van der Waals surface area contributed by atoms with Crippen LogP contribution in [0.25, 0.3) is 22.6 Å². The molecule has 5 rings (SSSR count). The van der Waals surface area contributed by atoms with Crippen molar-refractivity contribution in [2.24, 2.45) is 0 Å². The van der Waals surface area contributed by atoms with E-state index in [0.29, 0.717) is 33.8 Å². The molecule has 0 fully saturated rings. The number of amides is 1. The van der Waals surface area contributed by atoms with Crippen LogP contribution >= 0.6 is 11.6 Å². The van der Waals surface area contributed by atoms with Gasteiger partial charge in [0, 0.05) is 40.8 Å². The van der Waals surface area contributed by atoms with Crippen LogP contribution in [0.3, 0.4) is 0 Å². The van der Waals surface area contributed by atoms with Crippen LogP contribution in [-0.2, 0) is 13.1 Å². The molecule has 0 radical (unpaired) electrons. The van der Waals surface area contributed by atoms with Gasteiger partial charge in [0.05, 0.1) is 22.7 Å². The summed E-state index contributed by atoms with van der Waals surface area (Å²) in [5.41, 5.74) is 4.67. The van der Waals surface area contributed by atoms with Crippen LogP contribution in [0, 0.1) is 17.1 Å². The van der Waals surface area contributed by atoms with Crippen molar-refractivity contribution in [3.8, 4) is 6.07 Å². The topological polar surface area (TPSA) is 95.1 Å². The number of aromatic nitrogens is 1. The largest absolute Gasteiger partial charge is 0.478 e. The van der Waals surface area contributed by atoms with Gasteiger partial charge in [0.1, 0.15) is 5.82 Å². The molecule has 0 aliphatic heterocycles. The average molecular weight is 564 g/mol. The molecule has 6 nitrogen and oxygen atoms in total. The minimum Gasteiger partial charge on any atom is -0.478 e. The van der Waals surface area contributed by atoms with Gasteiger partial charge in [-0.15, -0.1) is 0 Å². The standard InChI is InChI=1S/C33H23ClFN3O3/c34-28-9-12-30-27(20-38(31(30)16-28)19-21-7-10-29(35)11-8-21)15-26(17-36)23-4-2-5-24(14-23)32(39)37-18-22-3-1-6-25(13-22)33(40)41/h1-16,20H,18-19H2,(H,37,39)(H,40,41). The van der Waals surface area contributed by atoms with Gasteiger partial charge in [-0.25, -0.2) is 9.18 Å². The fourth-order valence-electron chi connectivity index (χ4n) is 4.59. The molecule has 4 aromatic carbocycles. The number of nitrogens with one attached hydrogen (secondary N) is 1. The average Bonchev–Trinajstić information content (AvgIpc) is 3.31. The first-order valence-electron chi connectivity index (χ1n) is 12.7. The van der Waals surface area contributed by atoms with Crippen molar-refractivity contribution >= 4 is 46.0 Å². The summed E-state index contributed by atoms with van der Waals surface area (Å²) >= 11 is 6.29. The maximum absolute atomic E-state index is 13.4. The van der Waals surface area contributed by atoms with Crippen molar-refractivity contribution in [1.82, 2.24) is 9.88 Å². The van der Waals surface area contributed by atoms with Gasteiger partial charge in [-0.2, -0.15) is 5.26 Å². The normalized spacial score (nSPS) is 11.3. The molecular formula is C33H23ClFN3O3. The Balaban J connectivity index is 1.42. The summed E-state index contributed by atoms with van der Waals surface area (Å²) in [7, 11) is 0. The Morgan fingerprint density at radius 2 is 1.66 bits per heavy atom. The van der Waals surface area contributed by atoms with E-state index in [-0.39, 0.29) is 23.8 Å². The van der Waals surface area contributed by atoms with E-state index in [4.69, 9.17) is 11.6 Å². The lowest BCUT2D eigenvalue weighted by atomic mass is 10.0. The number of fused-ring (bicyclic) bond motifs is 1. The number of carboxylic acids is 1. The van der Waals surface area contributed by atoms with Crippen LogP contribution in [0.1, 0.15) is 43.0 Å². The second-order valence-electron chi connectivity index (χ2n) is 9.44. The number of allylic oxidation sites excluding steroid dienone is 1. The van der Waals surface area contributed by atoms with Gasteiger partial charge in [0.2, 0.25) is 0 Å². The van der Waals surface area contributed by atoms with Crippen molar-refractivity contribution < 1.29 is 19.1 Å². The monoisotopic (exact) mass is 563 g/mol. The minimum absolute atomic E-state index is 0.142. The highest BCUT2D eigenvalue weighted by Crippen LogP contribution is 2.29. The van der Waals surface area contributed by atoms with E-state index < -0.39 is 5.97 Å². The summed E-state index contributed by atoms with van der Waals surface area (Å²) in [5.74, 6) is -1.70. The molecule has 1 amide bonds. The molecule has 1 aromatic heterocycles. The zero-order valence-electron chi connectivity index (χ0n) is 21.6. The molecule has 0 atom stereocenters. The molecular weight excluding hydrogens is 541 g/mol. The number of hydrogen-bond acceptors (Lipinski definition) is 3. The van der Waals surface area contributed by atoms with Gasteiger partial charge in [-0.1, -0.05) is 54.1 Å². The molecule has 0 spiro atoms. The molecule has 8 heteroatoms. The molecule has 0 aliphatic rings. The number of benzene rings is 4. The Hall–Kier alpha value is -5.19.